The monoisotopic (exact) mass is 226 g/mol. The lowest BCUT2D eigenvalue weighted by atomic mass is 10.2. The standard InChI is InChI=1S/C7H19N2PS2/c1-3-4-5-6-7(2)12-10(8,9)11/h7H,3-6H2,1-2H3,(H4,8,9,11). The van der Waals surface area contributed by atoms with Gasteiger partial charge in [-0.15, -0.1) is 0 Å². The molecule has 12 heavy (non-hydrogen) atoms. The van der Waals surface area contributed by atoms with E-state index in [1.54, 1.807) is 11.4 Å². The third-order valence-electron chi connectivity index (χ3n) is 1.56. The van der Waals surface area contributed by atoms with Crippen molar-refractivity contribution in [2.45, 2.75) is 44.8 Å². The molecule has 0 bridgehead atoms. The van der Waals surface area contributed by atoms with Crippen molar-refractivity contribution in [1.82, 2.24) is 0 Å². The fourth-order valence-corrected chi connectivity index (χ4v) is 5.18. The summed E-state index contributed by atoms with van der Waals surface area (Å²) in [5.41, 5.74) is 9.19. The molecule has 0 aliphatic heterocycles. The van der Waals surface area contributed by atoms with Gasteiger partial charge in [-0.05, 0) is 6.42 Å². The van der Waals surface area contributed by atoms with Gasteiger partial charge in [0.1, 0.15) is 5.54 Å². The van der Waals surface area contributed by atoms with Crippen LogP contribution in [0.15, 0.2) is 0 Å². The van der Waals surface area contributed by atoms with E-state index in [1.807, 2.05) is 0 Å². The Morgan fingerprint density at radius 3 is 2.42 bits per heavy atom. The van der Waals surface area contributed by atoms with Gasteiger partial charge in [-0.1, -0.05) is 56.3 Å². The van der Waals surface area contributed by atoms with Gasteiger partial charge in [-0.2, -0.15) is 0 Å². The van der Waals surface area contributed by atoms with Gasteiger partial charge in [0.05, 0.1) is 0 Å². The lowest BCUT2D eigenvalue weighted by Gasteiger charge is -2.15. The van der Waals surface area contributed by atoms with Crippen molar-refractivity contribution in [3.05, 3.63) is 0 Å². The molecule has 0 aromatic heterocycles. The summed E-state index contributed by atoms with van der Waals surface area (Å²) in [7, 11) is 0. The van der Waals surface area contributed by atoms with Gasteiger partial charge in [0, 0.05) is 5.25 Å². The Hall–Kier alpha value is 0.920. The molecule has 0 aromatic rings. The minimum Gasteiger partial charge on any atom is -0.283 e. The fourth-order valence-electron chi connectivity index (χ4n) is 1.02. The topological polar surface area (TPSA) is 52.0 Å². The lowest BCUT2D eigenvalue weighted by molar-refractivity contribution is 0.665. The summed E-state index contributed by atoms with van der Waals surface area (Å²) in [4.78, 5) is 0. The van der Waals surface area contributed by atoms with E-state index in [-0.39, 0.29) is 0 Å². The van der Waals surface area contributed by atoms with E-state index in [9.17, 15) is 0 Å². The average Bonchev–Trinajstić information content (AvgIpc) is 1.84. The Morgan fingerprint density at radius 2 is 2.00 bits per heavy atom. The molecular weight excluding hydrogens is 207 g/mol. The minimum atomic E-state index is -2.02. The average molecular weight is 226 g/mol. The Labute approximate surface area is 84.7 Å². The Kier molecular flexibility index (Phi) is 6.87. The molecule has 5 heteroatoms. The largest absolute Gasteiger partial charge is 0.283 e. The second-order valence-electron chi connectivity index (χ2n) is 3.06. The molecule has 0 rings (SSSR count). The predicted molar refractivity (Wildman–Crippen MR) is 63.9 cm³/mol. The summed E-state index contributed by atoms with van der Waals surface area (Å²) in [6, 6.07) is 0. The zero-order chi connectivity index (χ0) is 9.61. The van der Waals surface area contributed by atoms with Crippen molar-refractivity contribution >= 4 is 28.7 Å². The number of unbranched alkanes of at least 4 members (excludes halogenated alkanes) is 2. The molecule has 74 valence electrons. The van der Waals surface area contributed by atoms with E-state index in [2.05, 4.69) is 13.8 Å². The zero-order valence-corrected chi connectivity index (χ0v) is 10.4. The summed E-state index contributed by atoms with van der Waals surface area (Å²) in [5, 5.41) is 0.525. The summed E-state index contributed by atoms with van der Waals surface area (Å²) in [6.07, 6.45) is 5.00. The summed E-state index contributed by atoms with van der Waals surface area (Å²) >= 11 is 6.56. The quantitative estimate of drug-likeness (QED) is 0.540. The molecule has 4 N–H and O–H groups in total. The fraction of sp³-hybridized carbons (Fsp3) is 1.00. The van der Waals surface area contributed by atoms with Gasteiger partial charge < -0.3 is 0 Å². The summed E-state index contributed by atoms with van der Waals surface area (Å²) < 4.78 is 0. The van der Waals surface area contributed by atoms with Crippen molar-refractivity contribution in [2.24, 2.45) is 11.0 Å². The molecule has 0 radical (unpaired) electrons. The predicted octanol–water partition coefficient (Wildman–Crippen LogP) is 2.83. The zero-order valence-electron chi connectivity index (χ0n) is 7.82. The SMILES string of the molecule is CCCCCC(C)SP(N)(N)=S. The van der Waals surface area contributed by atoms with E-state index in [4.69, 9.17) is 22.8 Å². The molecule has 0 saturated carbocycles. The van der Waals surface area contributed by atoms with Crippen LogP contribution in [0.3, 0.4) is 0 Å². The Bertz CT molecular complexity index is 157. The van der Waals surface area contributed by atoms with Gasteiger partial charge in [0.2, 0.25) is 0 Å². The maximum Gasteiger partial charge on any atom is 0.122 e. The van der Waals surface area contributed by atoms with Crippen LogP contribution in [0.4, 0.5) is 0 Å². The normalized spacial score (nSPS) is 14.7. The highest BCUT2D eigenvalue weighted by molar-refractivity contribution is 8.69. The second-order valence-corrected chi connectivity index (χ2v) is 10.3. The molecule has 0 spiro atoms. The first-order valence-electron chi connectivity index (χ1n) is 4.31. The molecule has 0 saturated heterocycles. The number of hydrogen-bond donors (Lipinski definition) is 2. The minimum absolute atomic E-state index is 0.525. The van der Waals surface area contributed by atoms with Crippen LogP contribution in [0, 0.1) is 0 Å². The molecule has 0 aromatic carbocycles. The maximum absolute atomic E-state index is 5.61. The van der Waals surface area contributed by atoms with Gasteiger partial charge in [0.25, 0.3) is 0 Å². The van der Waals surface area contributed by atoms with Crippen LogP contribution >= 0.6 is 16.9 Å². The molecule has 0 heterocycles. The van der Waals surface area contributed by atoms with Crippen LogP contribution < -0.4 is 11.0 Å². The molecule has 0 aliphatic rings. The van der Waals surface area contributed by atoms with Gasteiger partial charge in [0.15, 0.2) is 0 Å². The van der Waals surface area contributed by atoms with Crippen molar-refractivity contribution in [3.63, 3.8) is 0 Å². The first-order valence-corrected chi connectivity index (χ1v) is 8.74. The molecule has 0 amide bonds. The summed E-state index contributed by atoms with van der Waals surface area (Å²) in [5.74, 6) is 0. The molecule has 2 nitrogen and oxygen atoms in total. The van der Waals surface area contributed by atoms with Crippen molar-refractivity contribution in [3.8, 4) is 0 Å². The molecular formula is C7H19N2PS2. The molecule has 0 aliphatic carbocycles. The van der Waals surface area contributed by atoms with E-state index in [1.165, 1.54) is 25.7 Å². The Balaban J connectivity index is 3.46. The number of rotatable bonds is 6. The molecule has 1 atom stereocenters. The second kappa shape index (κ2) is 6.39. The highest BCUT2D eigenvalue weighted by Crippen LogP contribution is 2.47. The van der Waals surface area contributed by atoms with Crippen molar-refractivity contribution in [1.29, 1.82) is 0 Å². The van der Waals surface area contributed by atoms with Crippen LogP contribution in [0.2, 0.25) is 0 Å². The van der Waals surface area contributed by atoms with Gasteiger partial charge >= 0.3 is 0 Å². The van der Waals surface area contributed by atoms with Crippen LogP contribution in [-0.2, 0) is 11.8 Å². The molecule has 0 fully saturated rings. The smallest absolute Gasteiger partial charge is 0.122 e. The van der Waals surface area contributed by atoms with Crippen LogP contribution in [0.1, 0.15) is 39.5 Å². The number of nitrogens with two attached hydrogens (primary N) is 2. The lowest BCUT2D eigenvalue weighted by Crippen LogP contribution is -2.05. The highest BCUT2D eigenvalue weighted by atomic mass is 32.9. The van der Waals surface area contributed by atoms with Gasteiger partial charge in [-0.3, -0.25) is 11.0 Å². The number of hydrogen-bond acceptors (Lipinski definition) is 2. The third-order valence-corrected chi connectivity index (χ3v) is 5.33. The van der Waals surface area contributed by atoms with Gasteiger partial charge in [-0.25, -0.2) is 0 Å². The van der Waals surface area contributed by atoms with Crippen LogP contribution in [-0.4, -0.2) is 5.25 Å². The first kappa shape index (κ1) is 12.9. The van der Waals surface area contributed by atoms with Crippen LogP contribution in [0.25, 0.3) is 0 Å². The summed E-state index contributed by atoms with van der Waals surface area (Å²) in [6.45, 7) is 4.36. The van der Waals surface area contributed by atoms with Crippen molar-refractivity contribution < 1.29 is 0 Å². The van der Waals surface area contributed by atoms with E-state index >= 15 is 0 Å². The third kappa shape index (κ3) is 9.01. The van der Waals surface area contributed by atoms with E-state index in [0.717, 1.165) is 0 Å². The van der Waals surface area contributed by atoms with Crippen molar-refractivity contribution in [2.75, 3.05) is 0 Å². The molecule has 1 unspecified atom stereocenters. The van der Waals surface area contributed by atoms with E-state index < -0.39 is 5.54 Å². The first-order chi connectivity index (χ1) is 5.45. The highest BCUT2D eigenvalue weighted by Gasteiger charge is 2.10. The van der Waals surface area contributed by atoms with Crippen LogP contribution in [0.5, 0.6) is 0 Å². The maximum atomic E-state index is 5.61. The Morgan fingerprint density at radius 1 is 1.42 bits per heavy atom. The van der Waals surface area contributed by atoms with E-state index in [0.29, 0.717) is 5.25 Å².